The Morgan fingerprint density at radius 2 is 1.42 bits per heavy atom. The molecule has 92 valence electrons. The van der Waals surface area contributed by atoms with Gasteiger partial charge in [-0.15, -0.1) is 10.2 Å². The molecule has 5 heteroatoms. The van der Waals surface area contributed by atoms with Gasteiger partial charge in [0.15, 0.2) is 0 Å². The van der Waals surface area contributed by atoms with Crippen LogP contribution < -0.4 is 0 Å². The number of para-hydroxylation sites is 1. The Bertz CT molecular complexity index is 668. The fourth-order valence-corrected chi connectivity index (χ4v) is 1.68. The van der Waals surface area contributed by atoms with E-state index in [4.69, 9.17) is 4.42 Å². The summed E-state index contributed by atoms with van der Waals surface area (Å²) in [5.41, 5.74) is 1.39. The van der Waals surface area contributed by atoms with Gasteiger partial charge < -0.3 is 9.52 Å². The third-order valence-electron chi connectivity index (χ3n) is 2.58. The van der Waals surface area contributed by atoms with Gasteiger partial charge >= 0.3 is 10.1 Å². The molecule has 1 aromatic heterocycles. The first kappa shape index (κ1) is 13.0. The van der Waals surface area contributed by atoms with Gasteiger partial charge in [-0.1, -0.05) is 30.3 Å². The molecular weight excluding hydrogens is 237 g/mol. The minimum atomic E-state index is 0. The normalized spacial score (nSPS) is 9.89. The van der Waals surface area contributed by atoms with E-state index < -0.39 is 0 Å². The van der Waals surface area contributed by atoms with Crippen molar-refractivity contribution in [3.05, 3.63) is 54.6 Å². The van der Waals surface area contributed by atoms with E-state index in [0.717, 1.165) is 5.56 Å². The summed E-state index contributed by atoms with van der Waals surface area (Å²) < 4.78 is 5.55. The Morgan fingerprint density at radius 1 is 0.789 bits per heavy atom. The summed E-state index contributed by atoms with van der Waals surface area (Å²) in [6, 6.07) is 16.4. The molecule has 0 radical (unpaired) electrons. The van der Waals surface area contributed by atoms with Crippen LogP contribution in [0.3, 0.4) is 0 Å². The summed E-state index contributed by atoms with van der Waals surface area (Å²) >= 11 is 0. The van der Waals surface area contributed by atoms with Gasteiger partial charge in [-0.05, 0) is 24.3 Å². The molecule has 0 atom stereocenters. The van der Waals surface area contributed by atoms with Gasteiger partial charge in [0.05, 0.1) is 5.56 Å². The second-order valence-electron chi connectivity index (χ2n) is 3.80. The Kier molecular flexibility index (Phi) is 3.73. The van der Waals surface area contributed by atoms with E-state index in [1.165, 1.54) is 0 Å². The molecule has 3 aromatic rings. The predicted octanol–water partition coefficient (Wildman–Crippen LogP) is 2.19. The Balaban J connectivity index is 0.00000133. The quantitative estimate of drug-likeness (QED) is 0.707. The average molecular weight is 249 g/mol. The molecular formula is C14H12BeN2O2. The van der Waals surface area contributed by atoms with Crippen molar-refractivity contribution >= 4 is 10.1 Å². The van der Waals surface area contributed by atoms with Gasteiger partial charge in [-0.2, -0.15) is 0 Å². The van der Waals surface area contributed by atoms with Crippen molar-refractivity contribution in [3.63, 3.8) is 0 Å². The molecule has 0 bridgehead atoms. The second kappa shape index (κ2) is 5.46. The Hall–Kier alpha value is -2.45. The molecule has 0 amide bonds. The van der Waals surface area contributed by atoms with Gasteiger partial charge in [0.1, 0.15) is 5.75 Å². The van der Waals surface area contributed by atoms with Crippen molar-refractivity contribution in [1.82, 2.24) is 10.2 Å². The standard InChI is InChI=1S/C14H10N2O2.Be.2H/c17-12-9-5-4-8-11(12)14-16-15-13(18-14)10-6-2-1-3-7-10;;;/h1-9,17H;;;. The van der Waals surface area contributed by atoms with E-state index in [0.29, 0.717) is 17.3 Å². The van der Waals surface area contributed by atoms with Crippen LogP contribution in [-0.4, -0.2) is 25.4 Å². The van der Waals surface area contributed by atoms with Crippen LogP contribution in [0.2, 0.25) is 0 Å². The van der Waals surface area contributed by atoms with Gasteiger partial charge in [-0.3, -0.25) is 0 Å². The van der Waals surface area contributed by atoms with Crippen LogP contribution in [0.1, 0.15) is 0 Å². The van der Waals surface area contributed by atoms with Crippen LogP contribution in [-0.2, 0) is 0 Å². The van der Waals surface area contributed by atoms with Crippen molar-refractivity contribution in [2.24, 2.45) is 0 Å². The predicted molar refractivity (Wildman–Crippen MR) is 75.4 cm³/mol. The number of hydrogen-bond donors (Lipinski definition) is 1. The maximum absolute atomic E-state index is 9.72. The first-order valence-electron chi connectivity index (χ1n) is 5.52. The molecule has 2 aromatic carbocycles. The molecule has 0 aliphatic rings. The summed E-state index contributed by atoms with van der Waals surface area (Å²) in [7, 11) is 0. The van der Waals surface area contributed by atoms with E-state index in [2.05, 4.69) is 10.2 Å². The molecule has 19 heavy (non-hydrogen) atoms. The van der Waals surface area contributed by atoms with Crippen molar-refractivity contribution in [2.45, 2.75) is 0 Å². The van der Waals surface area contributed by atoms with Gasteiger partial charge in [0.25, 0.3) is 5.89 Å². The number of rotatable bonds is 2. The molecule has 4 nitrogen and oxygen atoms in total. The average Bonchev–Trinajstić information content (AvgIpc) is 2.90. The first-order valence-corrected chi connectivity index (χ1v) is 5.52. The fraction of sp³-hybridized carbons (Fsp3) is 0. The van der Waals surface area contributed by atoms with E-state index >= 15 is 0 Å². The molecule has 0 aliphatic heterocycles. The zero-order valence-electron chi connectivity index (χ0n) is 9.45. The van der Waals surface area contributed by atoms with Crippen molar-refractivity contribution in [3.8, 4) is 28.7 Å². The Labute approximate surface area is 114 Å². The monoisotopic (exact) mass is 249 g/mol. The zero-order valence-corrected chi connectivity index (χ0v) is 9.45. The van der Waals surface area contributed by atoms with E-state index in [9.17, 15) is 5.11 Å². The van der Waals surface area contributed by atoms with Crippen molar-refractivity contribution < 1.29 is 9.52 Å². The SMILES string of the molecule is Oc1ccccc1-c1nnc(-c2ccccc2)o1.[BeH2]. The molecule has 1 N–H and O–H groups in total. The second-order valence-corrected chi connectivity index (χ2v) is 3.80. The first-order chi connectivity index (χ1) is 8.84. The molecule has 1 heterocycles. The molecule has 3 rings (SSSR count). The number of hydrogen-bond acceptors (Lipinski definition) is 4. The van der Waals surface area contributed by atoms with Gasteiger partial charge in [0.2, 0.25) is 5.89 Å². The van der Waals surface area contributed by atoms with Crippen molar-refractivity contribution in [1.29, 1.82) is 0 Å². The fourth-order valence-electron chi connectivity index (χ4n) is 1.68. The summed E-state index contributed by atoms with van der Waals surface area (Å²) in [5.74, 6) is 0.876. The topological polar surface area (TPSA) is 59.2 Å². The van der Waals surface area contributed by atoms with Crippen LogP contribution in [0.25, 0.3) is 22.9 Å². The van der Waals surface area contributed by atoms with E-state index in [-0.39, 0.29) is 15.9 Å². The number of aromatic hydroxyl groups is 1. The minimum absolute atomic E-state index is 0. The number of benzene rings is 2. The van der Waals surface area contributed by atoms with Crippen LogP contribution >= 0.6 is 0 Å². The summed E-state index contributed by atoms with van der Waals surface area (Å²) in [5, 5.41) is 17.6. The van der Waals surface area contributed by atoms with Crippen LogP contribution in [0.4, 0.5) is 0 Å². The summed E-state index contributed by atoms with van der Waals surface area (Å²) in [6.07, 6.45) is 0. The molecule has 0 saturated carbocycles. The third kappa shape index (κ3) is 2.54. The van der Waals surface area contributed by atoms with Crippen LogP contribution in [0.15, 0.2) is 59.0 Å². The molecule has 0 unspecified atom stereocenters. The molecule has 0 saturated heterocycles. The molecule has 0 spiro atoms. The zero-order chi connectivity index (χ0) is 12.4. The summed E-state index contributed by atoms with van der Waals surface area (Å²) in [6.45, 7) is 0. The van der Waals surface area contributed by atoms with Crippen molar-refractivity contribution in [2.75, 3.05) is 0 Å². The van der Waals surface area contributed by atoms with E-state index in [1.54, 1.807) is 24.3 Å². The summed E-state index contributed by atoms with van der Waals surface area (Å²) in [4.78, 5) is 0. The van der Waals surface area contributed by atoms with E-state index in [1.807, 2.05) is 30.3 Å². The number of nitrogens with zero attached hydrogens (tertiary/aromatic N) is 2. The number of phenolic OH excluding ortho intramolecular Hbond substituents is 1. The van der Waals surface area contributed by atoms with Gasteiger partial charge in [-0.25, -0.2) is 0 Å². The van der Waals surface area contributed by atoms with Gasteiger partial charge in [0, 0.05) is 5.56 Å². The van der Waals surface area contributed by atoms with Crippen LogP contribution in [0, 0.1) is 0 Å². The Morgan fingerprint density at radius 3 is 2.16 bits per heavy atom. The molecule has 0 fully saturated rings. The number of phenols is 1. The maximum atomic E-state index is 9.72. The van der Waals surface area contributed by atoms with Crippen LogP contribution in [0.5, 0.6) is 5.75 Å². The molecule has 0 aliphatic carbocycles. The third-order valence-corrected chi connectivity index (χ3v) is 2.58. The number of aromatic nitrogens is 2.